The third-order valence-corrected chi connectivity index (χ3v) is 6.81. The van der Waals surface area contributed by atoms with Crippen LogP contribution in [0.15, 0.2) is 24.3 Å². The standard InChI is InChI=1S/C24H39N5O6/c1-16(22(30)31)27-9-8-26-21(14-19-4-6-20(25)7-5-19)15-29(18(3)24(34)35)13-12-28(11-10-27)17(2)23(32)33/h4-7,16-18,21,26H,8-15,25H2,1-3H3,(H,30,31)(H,32,33)(H,34,35). The number of carbonyl (C=O) groups is 3. The molecule has 1 aliphatic rings. The van der Waals surface area contributed by atoms with Crippen LogP contribution in [0.25, 0.3) is 0 Å². The van der Waals surface area contributed by atoms with Crippen LogP contribution in [0.2, 0.25) is 0 Å². The van der Waals surface area contributed by atoms with Gasteiger partial charge in [-0.25, -0.2) is 0 Å². The Balaban J connectivity index is 2.32. The van der Waals surface area contributed by atoms with Crippen molar-refractivity contribution in [3.05, 3.63) is 29.8 Å². The van der Waals surface area contributed by atoms with Crippen molar-refractivity contribution in [1.82, 2.24) is 20.0 Å². The molecule has 196 valence electrons. The number of carboxylic acid groups (broad SMARTS) is 3. The number of hydrogen-bond acceptors (Lipinski definition) is 8. The third-order valence-electron chi connectivity index (χ3n) is 6.81. The minimum Gasteiger partial charge on any atom is -0.480 e. The van der Waals surface area contributed by atoms with E-state index in [-0.39, 0.29) is 6.04 Å². The molecule has 1 saturated heterocycles. The van der Waals surface area contributed by atoms with E-state index in [9.17, 15) is 29.7 Å². The molecule has 0 aromatic heterocycles. The number of carboxylic acids is 3. The molecule has 2 rings (SSSR count). The molecule has 1 aliphatic heterocycles. The predicted molar refractivity (Wildman–Crippen MR) is 132 cm³/mol. The molecule has 4 unspecified atom stereocenters. The van der Waals surface area contributed by atoms with Crippen LogP contribution in [-0.4, -0.2) is 118 Å². The van der Waals surface area contributed by atoms with E-state index >= 15 is 0 Å². The van der Waals surface area contributed by atoms with E-state index in [0.717, 1.165) is 5.56 Å². The van der Waals surface area contributed by atoms with Gasteiger partial charge in [0.05, 0.1) is 0 Å². The summed E-state index contributed by atoms with van der Waals surface area (Å²) >= 11 is 0. The van der Waals surface area contributed by atoms with E-state index < -0.39 is 36.0 Å². The molecule has 35 heavy (non-hydrogen) atoms. The van der Waals surface area contributed by atoms with E-state index in [2.05, 4.69) is 5.32 Å². The van der Waals surface area contributed by atoms with E-state index in [1.54, 1.807) is 25.7 Å². The normalized spacial score (nSPS) is 22.3. The number of rotatable bonds is 8. The molecule has 11 nitrogen and oxygen atoms in total. The Morgan fingerprint density at radius 1 is 0.829 bits per heavy atom. The van der Waals surface area contributed by atoms with Crippen molar-refractivity contribution >= 4 is 23.6 Å². The second kappa shape index (κ2) is 13.4. The number of nitrogen functional groups attached to an aromatic ring is 1. The molecule has 1 heterocycles. The zero-order valence-corrected chi connectivity index (χ0v) is 20.8. The zero-order valence-electron chi connectivity index (χ0n) is 20.8. The van der Waals surface area contributed by atoms with Gasteiger partial charge in [0.25, 0.3) is 0 Å². The molecule has 4 atom stereocenters. The van der Waals surface area contributed by atoms with Crippen LogP contribution < -0.4 is 11.1 Å². The van der Waals surface area contributed by atoms with Crippen molar-refractivity contribution in [2.75, 3.05) is 51.5 Å². The third kappa shape index (κ3) is 8.77. The van der Waals surface area contributed by atoms with Gasteiger partial charge in [-0.15, -0.1) is 0 Å². The molecule has 1 aromatic carbocycles. The van der Waals surface area contributed by atoms with Crippen molar-refractivity contribution < 1.29 is 29.7 Å². The van der Waals surface area contributed by atoms with Crippen LogP contribution >= 0.6 is 0 Å². The Bertz CT molecular complexity index is 851. The summed E-state index contributed by atoms with van der Waals surface area (Å²) in [5.74, 6) is -2.85. The van der Waals surface area contributed by atoms with Gasteiger partial charge in [-0.05, 0) is 44.9 Å². The molecule has 0 bridgehead atoms. The average molecular weight is 494 g/mol. The maximum Gasteiger partial charge on any atom is 0.320 e. The lowest BCUT2D eigenvalue weighted by Gasteiger charge is -2.37. The van der Waals surface area contributed by atoms with Crippen molar-refractivity contribution in [2.24, 2.45) is 0 Å². The van der Waals surface area contributed by atoms with E-state index in [4.69, 9.17) is 5.73 Å². The van der Waals surface area contributed by atoms with Crippen LogP contribution in [-0.2, 0) is 20.8 Å². The summed E-state index contributed by atoms with van der Waals surface area (Å²) in [5, 5.41) is 32.3. The lowest BCUT2D eigenvalue weighted by molar-refractivity contribution is -0.145. The Kier molecular flexibility index (Phi) is 10.9. The minimum absolute atomic E-state index is 0.104. The fourth-order valence-corrected chi connectivity index (χ4v) is 4.26. The first-order valence-corrected chi connectivity index (χ1v) is 12.0. The molecule has 0 amide bonds. The molecule has 6 N–H and O–H groups in total. The van der Waals surface area contributed by atoms with Crippen LogP contribution in [0.1, 0.15) is 26.3 Å². The molecule has 1 aromatic rings. The van der Waals surface area contributed by atoms with Gasteiger partial charge in [-0.3, -0.25) is 29.1 Å². The molecular formula is C24H39N5O6. The summed E-state index contributed by atoms with van der Waals surface area (Å²) in [6, 6.07) is 5.16. The number of benzene rings is 1. The van der Waals surface area contributed by atoms with Gasteiger partial charge in [0, 0.05) is 57.5 Å². The maximum atomic E-state index is 11.8. The summed E-state index contributed by atoms with van der Waals surface area (Å²) in [6.07, 6.45) is 0.632. The molecular weight excluding hydrogens is 454 g/mol. The highest BCUT2D eigenvalue weighted by molar-refractivity contribution is 5.73. The molecule has 0 spiro atoms. The lowest BCUT2D eigenvalue weighted by Crippen LogP contribution is -2.55. The fourth-order valence-electron chi connectivity index (χ4n) is 4.26. The first kappa shape index (κ1) is 28.5. The summed E-state index contributed by atoms with van der Waals surface area (Å²) in [7, 11) is 0. The van der Waals surface area contributed by atoms with Crippen LogP contribution in [0.4, 0.5) is 5.69 Å². The first-order valence-electron chi connectivity index (χ1n) is 12.0. The minimum atomic E-state index is -0.976. The smallest absolute Gasteiger partial charge is 0.320 e. The van der Waals surface area contributed by atoms with Gasteiger partial charge in [0.1, 0.15) is 18.1 Å². The fraction of sp³-hybridized carbons (Fsp3) is 0.625. The first-order chi connectivity index (χ1) is 16.5. The Labute approximate surface area is 206 Å². The van der Waals surface area contributed by atoms with Crippen LogP contribution in [0, 0.1) is 0 Å². The summed E-state index contributed by atoms with van der Waals surface area (Å²) in [6.45, 7) is 7.68. The molecule has 11 heteroatoms. The number of hydrogen-bond donors (Lipinski definition) is 5. The van der Waals surface area contributed by atoms with Gasteiger partial charge in [0.15, 0.2) is 0 Å². The van der Waals surface area contributed by atoms with Crippen LogP contribution in [0.5, 0.6) is 0 Å². The van der Waals surface area contributed by atoms with Gasteiger partial charge in [-0.2, -0.15) is 0 Å². The molecule has 1 fully saturated rings. The Morgan fingerprint density at radius 2 is 1.26 bits per heavy atom. The van der Waals surface area contributed by atoms with Crippen LogP contribution in [0.3, 0.4) is 0 Å². The van der Waals surface area contributed by atoms with Gasteiger partial charge < -0.3 is 26.4 Å². The second-order valence-corrected chi connectivity index (χ2v) is 9.21. The van der Waals surface area contributed by atoms with E-state index in [0.29, 0.717) is 57.9 Å². The summed E-state index contributed by atoms with van der Waals surface area (Å²) < 4.78 is 0. The highest BCUT2D eigenvalue weighted by Crippen LogP contribution is 2.12. The van der Waals surface area contributed by atoms with E-state index in [1.165, 1.54) is 0 Å². The highest BCUT2D eigenvalue weighted by Gasteiger charge is 2.29. The van der Waals surface area contributed by atoms with Crippen molar-refractivity contribution in [2.45, 2.75) is 51.4 Å². The summed E-state index contributed by atoms with van der Waals surface area (Å²) in [4.78, 5) is 40.7. The lowest BCUT2D eigenvalue weighted by atomic mass is 10.0. The van der Waals surface area contributed by atoms with Crippen molar-refractivity contribution in [3.8, 4) is 0 Å². The van der Waals surface area contributed by atoms with Crippen molar-refractivity contribution in [1.29, 1.82) is 0 Å². The molecule has 0 radical (unpaired) electrons. The van der Waals surface area contributed by atoms with Gasteiger partial charge >= 0.3 is 17.9 Å². The second-order valence-electron chi connectivity index (χ2n) is 9.21. The predicted octanol–water partition coefficient (Wildman–Crippen LogP) is 0.108. The molecule has 0 saturated carbocycles. The van der Waals surface area contributed by atoms with Gasteiger partial charge in [-0.1, -0.05) is 12.1 Å². The number of nitrogens with zero attached hydrogens (tertiary/aromatic N) is 3. The monoisotopic (exact) mass is 493 g/mol. The highest BCUT2D eigenvalue weighted by atomic mass is 16.4. The number of nitrogens with one attached hydrogen (secondary N) is 1. The number of aliphatic carboxylic acids is 3. The van der Waals surface area contributed by atoms with Crippen molar-refractivity contribution in [3.63, 3.8) is 0 Å². The SMILES string of the molecule is CC(C(=O)O)N1CCNC(Cc2ccc(N)cc2)CN(C(C)C(=O)O)CCN(C(C)C(=O)O)CC1. The zero-order chi connectivity index (χ0) is 26.1. The topological polar surface area (TPSA) is 160 Å². The van der Waals surface area contributed by atoms with E-state index in [1.807, 2.05) is 34.1 Å². The number of anilines is 1. The largest absolute Gasteiger partial charge is 0.480 e. The quantitative estimate of drug-likeness (QED) is 0.313. The summed E-state index contributed by atoms with van der Waals surface area (Å²) in [5.41, 5.74) is 7.51. The Morgan fingerprint density at radius 3 is 1.74 bits per heavy atom. The Hall–Kier alpha value is -2.73. The maximum absolute atomic E-state index is 11.8. The molecule has 0 aliphatic carbocycles. The average Bonchev–Trinajstić information content (AvgIpc) is 2.80. The van der Waals surface area contributed by atoms with Gasteiger partial charge in [0.2, 0.25) is 0 Å². The number of nitrogens with two attached hydrogens (primary N) is 1.